The van der Waals surface area contributed by atoms with Gasteiger partial charge >= 0.3 is 0 Å². The summed E-state index contributed by atoms with van der Waals surface area (Å²) in [4.78, 5) is 22.2. The molecule has 0 N–H and O–H groups in total. The van der Waals surface area contributed by atoms with E-state index in [0.717, 1.165) is 11.0 Å². The van der Waals surface area contributed by atoms with Crippen molar-refractivity contribution < 1.29 is 0 Å². The van der Waals surface area contributed by atoms with Gasteiger partial charge in [0.2, 0.25) is 0 Å². The second-order valence-corrected chi connectivity index (χ2v) is 5.91. The van der Waals surface area contributed by atoms with Crippen LogP contribution >= 0.6 is 0 Å². The Labute approximate surface area is 141 Å². The van der Waals surface area contributed by atoms with E-state index in [9.17, 15) is 10.1 Å². The number of hydrogen-bond acceptors (Lipinski definition) is 4. The Bertz CT molecular complexity index is 1440. The van der Waals surface area contributed by atoms with Gasteiger partial charge in [-0.1, -0.05) is 24.3 Å². The highest BCUT2D eigenvalue weighted by Gasteiger charge is 2.20. The molecule has 0 atom stereocenters. The molecule has 0 aliphatic rings. The van der Waals surface area contributed by atoms with Gasteiger partial charge in [-0.25, -0.2) is 9.97 Å². The van der Waals surface area contributed by atoms with Crippen LogP contribution in [-0.2, 0) is 7.05 Å². The summed E-state index contributed by atoms with van der Waals surface area (Å²) in [5, 5.41) is 9.80. The zero-order valence-electron chi connectivity index (χ0n) is 13.3. The molecule has 0 aliphatic carbocycles. The smallest absolute Gasteiger partial charge is 0.285 e. The Balaban J connectivity index is 2.18. The lowest BCUT2D eigenvalue weighted by molar-refractivity contribution is 0.975. The van der Waals surface area contributed by atoms with Crippen molar-refractivity contribution in [3.8, 4) is 6.07 Å². The van der Waals surface area contributed by atoms with Crippen LogP contribution in [0.15, 0.2) is 53.3 Å². The molecular weight excluding hydrogens is 314 g/mol. The van der Waals surface area contributed by atoms with E-state index < -0.39 is 0 Å². The maximum atomic E-state index is 13.2. The molecule has 0 bridgehead atoms. The fourth-order valence-corrected chi connectivity index (χ4v) is 3.44. The Morgan fingerprint density at radius 2 is 1.52 bits per heavy atom. The molecule has 0 saturated carbocycles. The second-order valence-electron chi connectivity index (χ2n) is 5.91. The SMILES string of the molecule is Cn1c2ccccc2n2c(=O)c3nc4ccccc4nc3c(C#N)c12. The summed E-state index contributed by atoms with van der Waals surface area (Å²) in [7, 11) is 1.85. The molecule has 3 heterocycles. The van der Waals surface area contributed by atoms with E-state index in [0.29, 0.717) is 27.8 Å². The summed E-state index contributed by atoms with van der Waals surface area (Å²) in [6.07, 6.45) is 0. The van der Waals surface area contributed by atoms with Crippen LogP contribution in [0.5, 0.6) is 0 Å². The summed E-state index contributed by atoms with van der Waals surface area (Å²) in [6, 6.07) is 17.1. The minimum Gasteiger partial charge on any atom is -0.328 e. The van der Waals surface area contributed by atoms with E-state index >= 15 is 0 Å². The fraction of sp³-hybridized carbons (Fsp3) is 0.0526. The van der Waals surface area contributed by atoms with E-state index in [1.165, 1.54) is 0 Å². The highest BCUT2D eigenvalue weighted by Crippen LogP contribution is 2.25. The Hall–Kier alpha value is -3.72. The molecule has 0 radical (unpaired) electrons. The van der Waals surface area contributed by atoms with Gasteiger partial charge in [0.25, 0.3) is 5.56 Å². The topological polar surface area (TPSA) is 76.0 Å². The van der Waals surface area contributed by atoms with Crippen LogP contribution in [0.25, 0.3) is 38.7 Å². The first kappa shape index (κ1) is 13.7. The molecule has 0 fully saturated rings. The summed E-state index contributed by atoms with van der Waals surface area (Å²) in [5.74, 6) is 0. The van der Waals surface area contributed by atoms with Crippen molar-refractivity contribution in [3.05, 3.63) is 64.4 Å². The van der Waals surface area contributed by atoms with Gasteiger partial charge in [-0.05, 0) is 24.3 Å². The monoisotopic (exact) mass is 325 g/mol. The zero-order valence-corrected chi connectivity index (χ0v) is 13.3. The number of imidazole rings is 1. The van der Waals surface area contributed by atoms with Crippen LogP contribution in [0, 0.1) is 11.3 Å². The van der Waals surface area contributed by atoms with Crippen molar-refractivity contribution >= 4 is 38.7 Å². The van der Waals surface area contributed by atoms with Gasteiger partial charge in [0.05, 0.1) is 22.1 Å². The predicted molar refractivity (Wildman–Crippen MR) is 95.5 cm³/mol. The van der Waals surface area contributed by atoms with E-state index in [1.807, 2.05) is 60.1 Å². The highest BCUT2D eigenvalue weighted by molar-refractivity contribution is 5.95. The molecule has 0 spiro atoms. The van der Waals surface area contributed by atoms with E-state index in [2.05, 4.69) is 16.0 Å². The fourth-order valence-electron chi connectivity index (χ4n) is 3.44. The summed E-state index contributed by atoms with van der Waals surface area (Å²) < 4.78 is 3.41. The van der Waals surface area contributed by atoms with Crippen LogP contribution in [0.4, 0.5) is 0 Å². The number of nitrogens with zero attached hydrogens (tertiary/aromatic N) is 5. The van der Waals surface area contributed by atoms with E-state index in [1.54, 1.807) is 4.40 Å². The first-order valence-electron chi connectivity index (χ1n) is 7.79. The van der Waals surface area contributed by atoms with Crippen LogP contribution in [0.2, 0.25) is 0 Å². The van der Waals surface area contributed by atoms with Crippen LogP contribution in [0.1, 0.15) is 5.56 Å². The number of para-hydroxylation sites is 4. The van der Waals surface area contributed by atoms with Crippen molar-refractivity contribution in [2.45, 2.75) is 0 Å². The van der Waals surface area contributed by atoms with Gasteiger partial charge in [-0.2, -0.15) is 5.26 Å². The third-order valence-electron chi connectivity index (χ3n) is 4.56. The van der Waals surface area contributed by atoms with Crippen molar-refractivity contribution in [2.24, 2.45) is 7.05 Å². The first-order valence-corrected chi connectivity index (χ1v) is 7.79. The second kappa shape index (κ2) is 4.65. The number of fused-ring (bicyclic) bond motifs is 5. The lowest BCUT2D eigenvalue weighted by Crippen LogP contribution is -2.17. The standard InChI is InChI=1S/C19H11N5O/c1-23-14-8-4-5-9-15(14)24-18(23)11(10-20)16-17(19(24)25)22-13-7-3-2-6-12(13)21-16/h2-9H,1H3. The number of benzene rings is 2. The molecule has 3 aromatic heterocycles. The number of pyridine rings is 1. The normalized spacial score (nSPS) is 11.5. The highest BCUT2D eigenvalue weighted by atomic mass is 16.1. The van der Waals surface area contributed by atoms with E-state index in [4.69, 9.17) is 0 Å². The molecular formula is C19H11N5O. The summed E-state index contributed by atoms with van der Waals surface area (Å²) >= 11 is 0. The molecule has 6 nitrogen and oxygen atoms in total. The average Bonchev–Trinajstić information content (AvgIpc) is 2.95. The Morgan fingerprint density at radius 3 is 2.20 bits per heavy atom. The van der Waals surface area contributed by atoms with Gasteiger partial charge in [-0.15, -0.1) is 0 Å². The molecule has 118 valence electrons. The molecule has 6 heteroatoms. The maximum absolute atomic E-state index is 13.2. The molecule has 25 heavy (non-hydrogen) atoms. The van der Waals surface area contributed by atoms with Crippen LogP contribution < -0.4 is 5.56 Å². The van der Waals surface area contributed by atoms with Gasteiger partial charge in [0.1, 0.15) is 22.8 Å². The average molecular weight is 325 g/mol. The molecule has 0 saturated heterocycles. The summed E-state index contributed by atoms with van der Waals surface area (Å²) in [6.45, 7) is 0. The number of aromatic nitrogens is 4. The van der Waals surface area contributed by atoms with Crippen molar-refractivity contribution in [1.29, 1.82) is 5.26 Å². The Morgan fingerprint density at radius 1 is 0.920 bits per heavy atom. The van der Waals surface area contributed by atoms with Gasteiger partial charge in [-0.3, -0.25) is 9.20 Å². The molecule has 5 aromatic rings. The molecule has 2 aromatic carbocycles. The largest absolute Gasteiger partial charge is 0.328 e. The van der Waals surface area contributed by atoms with Gasteiger partial charge in [0.15, 0.2) is 5.52 Å². The lowest BCUT2D eigenvalue weighted by atomic mass is 10.2. The van der Waals surface area contributed by atoms with Crippen molar-refractivity contribution in [2.75, 3.05) is 0 Å². The minimum absolute atomic E-state index is 0.212. The Kier molecular flexibility index (Phi) is 2.55. The molecule has 0 amide bonds. The maximum Gasteiger partial charge on any atom is 0.285 e. The molecule has 0 unspecified atom stereocenters. The predicted octanol–water partition coefficient (Wildman–Crippen LogP) is 2.76. The number of nitriles is 1. The van der Waals surface area contributed by atoms with Gasteiger partial charge < -0.3 is 4.57 Å². The lowest BCUT2D eigenvalue weighted by Gasteiger charge is -2.05. The first-order chi connectivity index (χ1) is 12.2. The van der Waals surface area contributed by atoms with Crippen molar-refractivity contribution in [1.82, 2.24) is 18.9 Å². The zero-order chi connectivity index (χ0) is 17.1. The van der Waals surface area contributed by atoms with Crippen molar-refractivity contribution in [3.63, 3.8) is 0 Å². The number of hydrogen-bond donors (Lipinski definition) is 0. The van der Waals surface area contributed by atoms with Crippen LogP contribution in [-0.4, -0.2) is 18.9 Å². The van der Waals surface area contributed by atoms with Crippen LogP contribution in [0.3, 0.4) is 0 Å². The third kappa shape index (κ3) is 1.64. The van der Waals surface area contributed by atoms with Gasteiger partial charge in [0, 0.05) is 7.05 Å². The number of aryl methyl sites for hydroxylation is 1. The molecule has 5 rings (SSSR count). The summed E-state index contributed by atoms with van der Waals surface area (Å²) in [5.41, 5.74) is 4.09. The third-order valence-corrected chi connectivity index (χ3v) is 4.56. The van der Waals surface area contributed by atoms with E-state index in [-0.39, 0.29) is 11.1 Å². The quantitative estimate of drug-likeness (QED) is 0.410. The molecule has 0 aliphatic heterocycles. The number of rotatable bonds is 0. The minimum atomic E-state index is -0.265.